The third-order valence-electron chi connectivity index (χ3n) is 3.61. The summed E-state index contributed by atoms with van der Waals surface area (Å²) < 4.78 is 5.45. The largest absolute Gasteiger partial charge is 0.395 e. The molecule has 1 unspecified atom stereocenters. The van der Waals surface area contributed by atoms with Gasteiger partial charge in [-0.05, 0) is 32.2 Å². The van der Waals surface area contributed by atoms with Gasteiger partial charge in [0.1, 0.15) is 0 Å². The zero-order chi connectivity index (χ0) is 12.1. The Kier molecular flexibility index (Phi) is 4.76. The van der Waals surface area contributed by atoms with Gasteiger partial charge in [-0.25, -0.2) is 0 Å². The molecule has 2 N–H and O–H groups in total. The molecule has 0 aliphatic carbocycles. The number of carbonyl (C=O) groups excluding carboxylic acids is 1. The standard InChI is InChI=1S/C12H22N2O3/c15-9-10-3-1-5-14(10)8-12(16)13-7-11-4-2-6-17-11/h10-11,15H,1-9H2,(H,13,16)/t10-,11?/m0/s1. The number of hydrogen-bond donors (Lipinski definition) is 2. The van der Waals surface area contributed by atoms with Gasteiger partial charge >= 0.3 is 0 Å². The summed E-state index contributed by atoms with van der Waals surface area (Å²) in [6.07, 6.45) is 4.41. The Morgan fingerprint density at radius 2 is 2.29 bits per heavy atom. The maximum atomic E-state index is 11.7. The van der Waals surface area contributed by atoms with Crippen LogP contribution in [0.4, 0.5) is 0 Å². The Balaban J connectivity index is 1.65. The molecule has 17 heavy (non-hydrogen) atoms. The van der Waals surface area contributed by atoms with Gasteiger partial charge < -0.3 is 15.2 Å². The van der Waals surface area contributed by atoms with Crippen molar-refractivity contribution in [1.29, 1.82) is 0 Å². The highest BCUT2D eigenvalue weighted by molar-refractivity contribution is 5.78. The number of nitrogens with one attached hydrogen (secondary N) is 1. The minimum Gasteiger partial charge on any atom is -0.395 e. The number of likely N-dealkylation sites (tertiary alicyclic amines) is 1. The summed E-state index contributed by atoms with van der Waals surface area (Å²) >= 11 is 0. The molecular formula is C12H22N2O3. The summed E-state index contributed by atoms with van der Waals surface area (Å²) in [4.78, 5) is 13.8. The van der Waals surface area contributed by atoms with Crippen LogP contribution in [-0.4, -0.2) is 60.9 Å². The van der Waals surface area contributed by atoms with E-state index in [1.807, 2.05) is 0 Å². The summed E-state index contributed by atoms with van der Waals surface area (Å²) in [5.74, 6) is 0.0425. The lowest BCUT2D eigenvalue weighted by atomic mass is 10.2. The summed E-state index contributed by atoms with van der Waals surface area (Å²) in [5.41, 5.74) is 0. The third kappa shape index (κ3) is 3.66. The van der Waals surface area contributed by atoms with Crippen molar-refractivity contribution in [3.63, 3.8) is 0 Å². The highest BCUT2D eigenvalue weighted by Gasteiger charge is 2.25. The Morgan fingerprint density at radius 3 is 3.00 bits per heavy atom. The molecule has 2 aliphatic rings. The first-order valence-corrected chi connectivity index (χ1v) is 6.53. The second kappa shape index (κ2) is 6.33. The number of amides is 1. The van der Waals surface area contributed by atoms with Gasteiger partial charge in [-0.3, -0.25) is 9.69 Å². The average Bonchev–Trinajstić information content (AvgIpc) is 2.97. The molecule has 5 heteroatoms. The molecule has 0 aromatic rings. The predicted octanol–water partition coefficient (Wildman–Crippen LogP) is -0.262. The van der Waals surface area contributed by atoms with E-state index in [0.29, 0.717) is 13.1 Å². The summed E-state index contributed by atoms with van der Waals surface area (Å²) in [6, 6.07) is 0.170. The van der Waals surface area contributed by atoms with Gasteiger partial charge in [0, 0.05) is 19.2 Å². The van der Waals surface area contributed by atoms with Gasteiger partial charge in [0.05, 0.1) is 19.3 Å². The highest BCUT2D eigenvalue weighted by atomic mass is 16.5. The van der Waals surface area contributed by atoms with E-state index in [-0.39, 0.29) is 24.7 Å². The van der Waals surface area contributed by atoms with Crippen molar-refractivity contribution < 1.29 is 14.6 Å². The van der Waals surface area contributed by atoms with E-state index < -0.39 is 0 Å². The predicted molar refractivity (Wildman–Crippen MR) is 63.7 cm³/mol. The molecule has 2 atom stereocenters. The summed E-state index contributed by atoms with van der Waals surface area (Å²) in [5, 5.41) is 12.1. The van der Waals surface area contributed by atoms with Gasteiger partial charge in [-0.1, -0.05) is 0 Å². The first-order chi connectivity index (χ1) is 8.29. The lowest BCUT2D eigenvalue weighted by Gasteiger charge is -2.22. The van der Waals surface area contributed by atoms with Crippen molar-refractivity contribution in [3.8, 4) is 0 Å². The molecular weight excluding hydrogens is 220 g/mol. The normalized spacial score (nSPS) is 29.7. The molecule has 2 rings (SSSR count). The zero-order valence-corrected chi connectivity index (χ0v) is 10.2. The van der Waals surface area contributed by atoms with Crippen LogP contribution in [0.15, 0.2) is 0 Å². The third-order valence-corrected chi connectivity index (χ3v) is 3.61. The number of aliphatic hydroxyl groups excluding tert-OH is 1. The van der Waals surface area contributed by atoms with Gasteiger partial charge in [-0.15, -0.1) is 0 Å². The van der Waals surface area contributed by atoms with Crippen LogP contribution in [0, 0.1) is 0 Å². The minimum absolute atomic E-state index is 0.0425. The van der Waals surface area contributed by atoms with Crippen LogP contribution < -0.4 is 5.32 Å². The number of nitrogens with zero attached hydrogens (tertiary/aromatic N) is 1. The lowest BCUT2D eigenvalue weighted by molar-refractivity contribution is -0.123. The van der Waals surface area contributed by atoms with Crippen LogP contribution in [-0.2, 0) is 9.53 Å². The van der Waals surface area contributed by atoms with Gasteiger partial charge in [0.15, 0.2) is 0 Å². The zero-order valence-electron chi connectivity index (χ0n) is 10.2. The molecule has 98 valence electrons. The van der Waals surface area contributed by atoms with E-state index >= 15 is 0 Å². The molecule has 5 nitrogen and oxygen atoms in total. The van der Waals surface area contributed by atoms with Gasteiger partial charge in [0.2, 0.25) is 5.91 Å². The van der Waals surface area contributed by atoms with Crippen molar-refractivity contribution in [3.05, 3.63) is 0 Å². The summed E-state index contributed by atoms with van der Waals surface area (Å²) in [7, 11) is 0. The Hall–Kier alpha value is -0.650. The van der Waals surface area contributed by atoms with Crippen LogP contribution >= 0.6 is 0 Å². The maximum absolute atomic E-state index is 11.7. The van der Waals surface area contributed by atoms with E-state index in [1.165, 1.54) is 0 Å². The summed E-state index contributed by atoms with van der Waals surface area (Å²) in [6.45, 7) is 2.91. The Bertz CT molecular complexity index is 254. The molecule has 1 amide bonds. The van der Waals surface area contributed by atoms with Gasteiger partial charge in [0.25, 0.3) is 0 Å². The maximum Gasteiger partial charge on any atom is 0.234 e. The second-order valence-corrected chi connectivity index (χ2v) is 4.89. The topological polar surface area (TPSA) is 61.8 Å². The van der Waals surface area contributed by atoms with Crippen molar-refractivity contribution in [2.24, 2.45) is 0 Å². The van der Waals surface area contributed by atoms with Crippen LogP contribution in [0.5, 0.6) is 0 Å². The quantitative estimate of drug-likeness (QED) is 0.697. The average molecular weight is 242 g/mol. The van der Waals surface area contributed by atoms with Crippen LogP contribution in [0.2, 0.25) is 0 Å². The number of ether oxygens (including phenoxy) is 1. The van der Waals surface area contributed by atoms with Crippen LogP contribution in [0.1, 0.15) is 25.7 Å². The Morgan fingerprint density at radius 1 is 1.41 bits per heavy atom. The monoisotopic (exact) mass is 242 g/mol. The molecule has 0 radical (unpaired) electrons. The van der Waals surface area contributed by atoms with Crippen molar-refractivity contribution in [2.75, 3.05) is 32.8 Å². The van der Waals surface area contributed by atoms with Crippen molar-refractivity contribution >= 4 is 5.91 Å². The smallest absolute Gasteiger partial charge is 0.234 e. The number of hydrogen-bond acceptors (Lipinski definition) is 4. The van der Waals surface area contributed by atoms with E-state index in [0.717, 1.165) is 38.8 Å². The first-order valence-electron chi connectivity index (χ1n) is 6.53. The fourth-order valence-corrected chi connectivity index (χ4v) is 2.58. The first kappa shape index (κ1) is 12.8. The highest BCUT2D eigenvalue weighted by Crippen LogP contribution is 2.15. The fourth-order valence-electron chi connectivity index (χ4n) is 2.58. The SMILES string of the molecule is O=C(CN1CCC[C@H]1CO)NCC1CCCO1. The number of carbonyl (C=O) groups is 1. The van der Waals surface area contributed by atoms with E-state index in [2.05, 4.69) is 10.2 Å². The molecule has 0 bridgehead atoms. The van der Waals surface area contributed by atoms with E-state index in [9.17, 15) is 4.79 Å². The van der Waals surface area contributed by atoms with Crippen molar-refractivity contribution in [1.82, 2.24) is 10.2 Å². The molecule has 2 saturated heterocycles. The van der Waals surface area contributed by atoms with Gasteiger partial charge in [-0.2, -0.15) is 0 Å². The molecule has 0 aromatic carbocycles. The number of rotatable bonds is 5. The van der Waals surface area contributed by atoms with Crippen LogP contribution in [0.25, 0.3) is 0 Å². The number of aliphatic hydroxyl groups is 1. The molecule has 2 aliphatic heterocycles. The molecule has 2 heterocycles. The molecule has 0 saturated carbocycles. The van der Waals surface area contributed by atoms with Crippen molar-refractivity contribution in [2.45, 2.75) is 37.8 Å². The molecule has 2 fully saturated rings. The van der Waals surface area contributed by atoms with Crippen LogP contribution in [0.3, 0.4) is 0 Å². The fraction of sp³-hybridized carbons (Fsp3) is 0.917. The minimum atomic E-state index is 0.0425. The van der Waals surface area contributed by atoms with E-state index in [4.69, 9.17) is 9.84 Å². The molecule has 0 aromatic heterocycles. The van der Waals surface area contributed by atoms with E-state index in [1.54, 1.807) is 0 Å². The Labute approximate surface area is 102 Å². The second-order valence-electron chi connectivity index (χ2n) is 4.89. The molecule has 0 spiro atoms. The lowest BCUT2D eigenvalue weighted by Crippen LogP contribution is -2.42.